The molecule has 0 bridgehead atoms. The molecular weight excluding hydrogens is 496 g/mol. The molecule has 5 nitrogen and oxygen atoms in total. The van der Waals surface area contributed by atoms with E-state index in [9.17, 15) is 19.8 Å². The lowest BCUT2D eigenvalue weighted by Gasteiger charge is -2.23. The molecule has 0 saturated heterocycles. The van der Waals surface area contributed by atoms with Crippen LogP contribution in [-0.4, -0.2) is 33.4 Å². The number of aliphatic hydroxyl groups excluding tert-OH is 1. The lowest BCUT2D eigenvalue weighted by atomic mass is 9.99. The Labute approximate surface area is 230 Å². The fourth-order valence-corrected chi connectivity index (χ4v) is 5.94. The first-order valence-corrected chi connectivity index (χ1v) is 14.7. The topological polar surface area (TPSA) is 94.8 Å². The lowest BCUT2D eigenvalue weighted by molar-refractivity contribution is -0.137. The van der Waals surface area contributed by atoms with Crippen LogP contribution >= 0.6 is 11.8 Å². The highest BCUT2D eigenvalue weighted by atomic mass is 32.2. The zero-order valence-electron chi connectivity index (χ0n) is 22.3. The van der Waals surface area contributed by atoms with E-state index in [1.54, 1.807) is 30.0 Å². The number of aliphatic carboxylic acids is 1. The van der Waals surface area contributed by atoms with Crippen LogP contribution in [0.2, 0.25) is 0 Å². The summed E-state index contributed by atoms with van der Waals surface area (Å²) in [6.45, 7) is 2.24. The van der Waals surface area contributed by atoms with Crippen LogP contribution in [0.25, 0.3) is 10.8 Å². The van der Waals surface area contributed by atoms with E-state index in [1.165, 1.54) is 50.5 Å². The summed E-state index contributed by atoms with van der Waals surface area (Å²) in [6.07, 6.45) is 10.2. The second kappa shape index (κ2) is 15.6. The number of carbonyl (C=O) groups is 2. The summed E-state index contributed by atoms with van der Waals surface area (Å²) >= 11 is 1.56. The summed E-state index contributed by atoms with van der Waals surface area (Å²) in [5, 5.41) is 30.9. The van der Waals surface area contributed by atoms with E-state index in [2.05, 4.69) is 31.2 Å². The van der Waals surface area contributed by atoms with Gasteiger partial charge in [-0.3, -0.25) is 4.79 Å². The molecule has 0 fully saturated rings. The van der Waals surface area contributed by atoms with Crippen LogP contribution in [0.3, 0.4) is 0 Å². The number of carboxylic acid groups (broad SMARTS) is 2. The summed E-state index contributed by atoms with van der Waals surface area (Å²) in [6, 6.07) is 19.4. The molecule has 6 heteroatoms. The Bertz CT molecular complexity index is 1170. The van der Waals surface area contributed by atoms with Crippen LogP contribution in [0.15, 0.2) is 65.6 Å². The van der Waals surface area contributed by atoms with E-state index in [-0.39, 0.29) is 17.2 Å². The number of unbranched alkanes of at least 4 members (excludes halogenated alkanes) is 6. The molecule has 0 aliphatic rings. The highest BCUT2D eigenvalue weighted by molar-refractivity contribution is 7.99. The number of aryl methyl sites for hydroxylation is 1. The Hall–Kier alpha value is -2.83. The van der Waals surface area contributed by atoms with Gasteiger partial charge in [-0.25, -0.2) is 4.79 Å². The molecule has 3 aromatic rings. The molecule has 0 aliphatic carbocycles. The van der Waals surface area contributed by atoms with Gasteiger partial charge < -0.3 is 15.3 Å². The highest BCUT2D eigenvalue weighted by Gasteiger charge is 2.23. The van der Waals surface area contributed by atoms with Crippen LogP contribution < -0.4 is 0 Å². The van der Waals surface area contributed by atoms with Crippen molar-refractivity contribution >= 4 is 34.5 Å². The van der Waals surface area contributed by atoms with Gasteiger partial charge in [0.1, 0.15) is 0 Å². The van der Waals surface area contributed by atoms with E-state index >= 15 is 0 Å². The molecule has 0 aromatic heterocycles. The Balaban J connectivity index is 1.69. The maximum Gasteiger partial charge on any atom is 0.335 e. The number of carboxylic acids is 2. The number of thioether (sulfide) groups is 1. The average Bonchev–Trinajstić information content (AvgIpc) is 2.91. The first kappa shape index (κ1) is 29.7. The Kier molecular flexibility index (Phi) is 12.2. The van der Waals surface area contributed by atoms with Crippen molar-refractivity contribution < 1.29 is 24.9 Å². The average molecular weight is 537 g/mol. The number of aliphatic hydroxyl groups is 1. The SMILES string of the molecule is CCCCCCCCCc1ccc(C(Sc2ccc3cc(C(=O)O)ccc3c2)C(O)CCCC(=O)O)cc1. The van der Waals surface area contributed by atoms with Gasteiger partial charge in [-0.2, -0.15) is 0 Å². The first-order chi connectivity index (χ1) is 18.4. The van der Waals surface area contributed by atoms with E-state index in [1.807, 2.05) is 18.2 Å². The van der Waals surface area contributed by atoms with E-state index < -0.39 is 18.0 Å². The van der Waals surface area contributed by atoms with Crippen molar-refractivity contribution in [2.45, 2.75) is 93.8 Å². The minimum absolute atomic E-state index is 0.0354. The van der Waals surface area contributed by atoms with E-state index in [0.717, 1.165) is 27.7 Å². The molecule has 3 rings (SSSR count). The van der Waals surface area contributed by atoms with Crippen molar-refractivity contribution in [2.24, 2.45) is 0 Å². The zero-order valence-corrected chi connectivity index (χ0v) is 23.1. The van der Waals surface area contributed by atoms with Crippen molar-refractivity contribution in [2.75, 3.05) is 0 Å². The Morgan fingerprint density at radius 2 is 1.45 bits per heavy atom. The standard InChI is InChI=1S/C32H40O5S/c1-2-3-4-5-6-7-8-10-23-13-15-24(16-14-23)31(29(33)11-9-12-30(34)35)38-28-20-19-25-21-27(32(36)37)18-17-26(25)22-28/h13-22,29,31,33H,2-12H2,1H3,(H,34,35)(H,36,37). The molecule has 0 amide bonds. The van der Waals surface area contributed by atoms with Gasteiger partial charge in [0.05, 0.1) is 16.9 Å². The molecular formula is C32H40O5S. The maximum atomic E-state index is 11.3. The van der Waals surface area contributed by atoms with Crippen LogP contribution in [0, 0.1) is 0 Å². The van der Waals surface area contributed by atoms with E-state index in [0.29, 0.717) is 12.8 Å². The van der Waals surface area contributed by atoms with Crippen molar-refractivity contribution in [3.63, 3.8) is 0 Å². The highest BCUT2D eigenvalue weighted by Crippen LogP contribution is 2.40. The Morgan fingerprint density at radius 3 is 2.13 bits per heavy atom. The van der Waals surface area contributed by atoms with Gasteiger partial charge in [-0.1, -0.05) is 81.8 Å². The van der Waals surface area contributed by atoms with Gasteiger partial charge in [0.2, 0.25) is 0 Å². The predicted molar refractivity (Wildman–Crippen MR) is 155 cm³/mol. The van der Waals surface area contributed by atoms with Crippen molar-refractivity contribution in [1.82, 2.24) is 0 Å². The molecule has 0 saturated carbocycles. The summed E-state index contributed by atoms with van der Waals surface area (Å²) in [7, 11) is 0. The lowest BCUT2D eigenvalue weighted by Crippen LogP contribution is -2.16. The van der Waals surface area contributed by atoms with Gasteiger partial charge in [0.15, 0.2) is 0 Å². The molecule has 204 valence electrons. The van der Waals surface area contributed by atoms with E-state index in [4.69, 9.17) is 5.11 Å². The number of benzene rings is 3. The number of hydrogen-bond donors (Lipinski definition) is 3. The number of rotatable bonds is 17. The predicted octanol–water partition coefficient (Wildman–Crippen LogP) is 8.28. The third-order valence-corrected chi connectivity index (χ3v) is 8.31. The summed E-state index contributed by atoms with van der Waals surface area (Å²) < 4.78 is 0. The third-order valence-electron chi connectivity index (χ3n) is 6.94. The van der Waals surface area contributed by atoms with Crippen molar-refractivity contribution in [3.8, 4) is 0 Å². The summed E-state index contributed by atoms with van der Waals surface area (Å²) in [5.74, 6) is -1.81. The van der Waals surface area contributed by atoms with Crippen molar-refractivity contribution in [3.05, 3.63) is 77.4 Å². The second-order valence-corrected chi connectivity index (χ2v) is 11.2. The number of hydrogen-bond acceptors (Lipinski definition) is 4. The van der Waals surface area contributed by atoms with Gasteiger partial charge >= 0.3 is 11.9 Å². The third kappa shape index (κ3) is 9.48. The molecule has 2 atom stereocenters. The van der Waals surface area contributed by atoms with Crippen LogP contribution in [0.4, 0.5) is 0 Å². The second-order valence-electron chi connectivity index (χ2n) is 10.0. The van der Waals surface area contributed by atoms with Gasteiger partial charge in [-0.15, -0.1) is 11.8 Å². The zero-order chi connectivity index (χ0) is 27.3. The molecule has 0 aliphatic heterocycles. The smallest absolute Gasteiger partial charge is 0.335 e. The first-order valence-electron chi connectivity index (χ1n) is 13.8. The molecule has 0 spiro atoms. The maximum absolute atomic E-state index is 11.3. The fourth-order valence-electron chi connectivity index (χ4n) is 4.72. The molecule has 2 unspecified atom stereocenters. The number of fused-ring (bicyclic) bond motifs is 1. The minimum Gasteiger partial charge on any atom is -0.481 e. The number of aromatic carboxylic acids is 1. The monoisotopic (exact) mass is 536 g/mol. The van der Waals surface area contributed by atoms with Crippen LogP contribution in [-0.2, 0) is 11.2 Å². The Morgan fingerprint density at radius 1 is 0.789 bits per heavy atom. The van der Waals surface area contributed by atoms with Gasteiger partial charge in [-0.05, 0) is 71.8 Å². The van der Waals surface area contributed by atoms with Gasteiger partial charge in [0.25, 0.3) is 0 Å². The quantitative estimate of drug-likeness (QED) is 0.119. The molecule has 0 radical (unpaired) electrons. The largest absolute Gasteiger partial charge is 0.481 e. The van der Waals surface area contributed by atoms with Crippen LogP contribution in [0.5, 0.6) is 0 Å². The van der Waals surface area contributed by atoms with Gasteiger partial charge in [0, 0.05) is 11.3 Å². The van der Waals surface area contributed by atoms with Crippen LogP contribution in [0.1, 0.15) is 97.9 Å². The van der Waals surface area contributed by atoms with Crippen molar-refractivity contribution in [1.29, 1.82) is 0 Å². The molecule has 38 heavy (non-hydrogen) atoms. The molecule has 3 aromatic carbocycles. The normalized spacial score (nSPS) is 12.9. The molecule has 0 heterocycles. The molecule has 3 N–H and O–H groups in total. The minimum atomic E-state index is -0.953. The summed E-state index contributed by atoms with van der Waals surface area (Å²) in [5.41, 5.74) is 2.56. The summed E-state index contributed by atoms with van der Waals surface area (Å²) in [4.78, 5) is 23.3. The fraction of sp³-hybridized carbons (Fsp3) is 0.438.